The molecule has 8 heteroatoms. The van der Waals surface area contributed by atoms with Gasteiger partial charge in [-0.25, -0.2) is 0 Å². The average molecular weight is 245 g/mol. The van der Waals surface area contributed by atoms with Crippen LogP contribution in [-0.2, 0) is 0 Å². The normalized spacial score (nSPS) is 7.71. The van der Waals surface area contributed by atoms with Gasteiger partial charge in [-0.1, -0.05) is 0 Å². The van der Waals surface area contributed by atoms with E-state index in [4.69, 9.17) is 22.6 Å². The van der Waals surface area contributed by atoms with E-state index < -0.39 is 0 Å². The van der Waals surface area contributed by atoms with Crippen molar-refractivity contribution in [1.82, 2.24) is 5.32 Å². The van der Waals surface area contributed by atoms with Crippen molar-refractivity contribution in [3.8, 4) is 0 Å². The zero-order valence-electron chi connectivity index (χ0n) is 7.82. The molecule has 0 aromatic carbocycles. The maximum absolute atomic E-state index is 6.84. The van der Waals surface area contributed by atoms with Crippen LogP contribution in [0, 0.1) is 5.41 Å². The maximum Gasteiger partial charge on any atom is 0.185 e. The lowest BCUT2D eigenvalue weighted by molar-refractivity contribution is 0.714. The molecule has 0 unspecified atom stereocenters. The van der Waals surface area contributed by atoms with Crippen LogP contribution in [-0.4, -0.2) is 25.0 Å². The predicted octanol–water partition coefficient (Wildman–Crippen LogP) is -0.633. The number of hydrogen-bond acceptors (Lipinski definition) is 2. The highest BCUT2D eigenvalue weighted by molar-refractivity contribution is 5.85. The van der Waals surface area contributed by atoms with Gasteiger partial charge in [-0.05, 0) is 12.8 Å². The number of nitrogens with two attached hydrogens (primary N) is 3. The van der Waals surface area contributed by atoms with Gasteiger partial charge in [0.05, 0.1) is 0 Å². The molecule has 0 radical (unpaired) electrons. The summed E-state index contributed by atoms with van der Waals surface area (Å²) in [5.41, 5.74) is 15.3. The highest BCUT2D eigenvalue weighted by Crippen LogP contribution is 1.86. The topological polar surface area (TPSA) is 126 Å². The first-order chi connectivity index (χ1) is 5.63. The highest BCUT2D eigenvalue weighted by Gasteiger charge is 1.88. The van der Waals surface area contributed by atoms with E-state index in [0.717, 1.165) is 12.8 Å². The zero-order chi connectivity index (χ0) is 9.40. The third kappa shape index (κ3) is 17.3. The van der Waals surface area contributed by atoms with Crippen molar-refractivity contribution in [3.05, 3.63) is 0 Å². The first-order valence-electron chi connectivity index (χ1n) is 3.76. The minimum Gasteiger partial charge on any atom is -0.370 e. The minimum atomic E-state index is -0.00293. The Kier molecular flexibility index (Phi) is 16.3. The number of aliphatic imine (C=N–C) groups is 1. The molecule has 0 amide bonds. The Hall–Kier alpha value is -0.880. The molecule has 0 fully saturated rings. The quantitative estimate of drug-likeness (QED) is 0.251. The number of nitrogens with zero attached hydrogens (tertiary/aromatic N) is 1. The summed E-state index contributed by atoms with van der Waals surface area (Å²) in [7, 11) is 0. The first-order valence-corrected chi connectivity index (χ1v) is 3.76. The van der Waals surface area contributed by atoms with E-state index in [1.165, 1.54) is 0 Å². The lowest BCUT2D eigenvalue weighted by Gasteiger charge is -2.01. The molecular formula is C6H18Cl2N6. The number of nitrogens with one attached hydrogen (secondary N) is 2. The van der Waals surface area contributed by atoms with E-state index in [2.05, 4.69) is 10.3 Å². The van der Waals surface area contributed by atoms with Crippen molar-refractivity contribution >= 4 is 36.7 Å². The summed E-state index contributed by atoms with van der Waals surface area (Å²) in [5, 5.41) is 9.53. The molecular weight excluding hydrogens is 227 g/mol. The van der Waals surface area contributed by atoms with Gasteiger partial charge < -0.3 is 22.5 Å². The second kappa shape index (κ2) is 12.1. The Morgan fingerprint density at radius 2 is 1.71 bits per heavy atom. The number of halogens is 2. The van der Waals surface area contributed by atoms with Crippen molar-refractivity contribution in [2.45, 2.75) is 12.8 Å². The molecule has 0 heterocycles. The van der Waals surface area contributed by atoms with Gasteiger partial charge in [0.2, 0.25) is 0 Å². The molecule has 0 rings (SSSR count). The molecule has 86 valence electrons. The van der Waals surface area contributed by atoms with Crippen LogP contribution >= 0.6 is 24.8 Å². The molecule has 0 aliphatic rings. The van der Waals surface area contributed by atoms with Gasteiger partial charge in [0.15, 0.2) is 11.9 Å². The summed E-state index contributed by atoms with van der Waals surface area (Å²) in [5.74, 6) is 0.117. The Balaban J connectivity index is -0.000000605. The van der Waals surface area contributed by atoms with Gasteiger partial charge >= 0.3 is 0 Å². The van der Waals surface area contributed by atoms with E-state index >= 15 is 0 Å². The van der Waals surface area contributed by atoms with Gasteiger partial charge in [0.1, 0.15) is 0 Å². The number of unbranched alkanes of at least 4 members (excludes halogenated alkanes) is 1. The van der Waals surface area contributed by atoms with E-state index in [0.29, 0.717) is 13.1 Å². The molecule has 6 nitrogen and oxygen atoms in total. The smallest absolute Gasteiger partial charge is 0.185 e. The van der Waals surface area contributed by atoms with Crippen molar-refractivity contribution in [2.75, 3.05) is 13.1 Å². The Bertz CT molecular complexity index is 168. The summed E-state index contributed by atoms with van der Waals surface area (Å²) in [6.07, 6.45) is 1.79. The van der Waals surface area contributed by atoms with Crippen molar-refractivity contribution in [1.29, 1.82) is 5.41 Å². The fourth-order valence-electron chi connectivity index (χ4n) is 0.668. The maximum atomic E-state index is 6.84. The molecule has 0 aromatic heterocycles. The molecule has 0 saturated heterocycles. The summed E-state index contributed by atoms with van der Waals surface area (Å²) in [6, 6.07) is 0. The minimum absolute atomic E-state index is 0. The van der Waals surface area contributed by atoms with Crippen LogP contribution in [0.1, 0.15) is 12.8 Å². The third-order valence-corrected chi connectivity index (χ3v) is 1.19. The van der Waals surface area contributed by atoms with Crippen LogP contribution in [0.25, 0.3) is 0 Å². The Morgan fingerprint density at radius 3 is 2.14 bits per heavy atom. The number of guanidine groups is 2. The van der Waals surface area contributed by atoms with Crippen LogP contribution in [0.3, 0.4) is 0 Å². The SMILES string of the molecule is Cl.Cl.N=C(N)NCCCCN=C(N)N. The lowest BCUT2D eigenvalue weighted by Crippen LogP contribution is -2.31. The monoisotopic (exact) mass is 244 g/mol. The van der Waals surface area contributed by atoms with E-state index in [1.54, 1.807) is 0 Å². The van der Waals surface area contributed by atoms with E-state index in [9.17, 15) is 0 Å². The van der Waals surface area contributed by atoms with E-state index in [-0.39, 0.29) is 36.7 Å². The molecule has 14 heavy (non-hydrogen) atoms. The summed E-state index contributed by atoms with van der Waals surface area (Å²) < 4.78 is 0. The van der Waals surface area contributed by atoms with Crippen molar-refractivity contribution in [2.24, 2.45) is 22.2 Å². The standard InChI is InChI=1S/C6H16N6.2ClH/c7-5(8)11-3-1-2-4-12-6(9)10;;/h1-4H2,(H4,7,8,11)(H4,9,10,12);2*1H. The second-order valence-electron chi connectivity index (χ2n) is 2.35. The van der Waals surface area contributed by atoms with Gasteiger partial charge in [0, 0.05) is 13.1 Å². The molecule has 0 saturated carbocycles. The third-order valence-electron chi connectivity index (χ3n) is 1.19. The molecule has 0 aliphatic carbocycles. The van der Waals surface area contributed by atoms with Crippen LogP contribution < -0.4 is 22.5 Å². The summed E-state index contributed by atoms with van der Waals surface area (Å²) >= 11 is 0. The van der Waals surface area contributed by atoms with Crippen LogP contribution in [0.5, 0.6) is 0 Å². The summed E-state index contributed by atoms with van der Waals surface area (Å²) in [4.78, 5) is 3.80. The van der Waals surface area contributed by atoms with Gasteiger partial charge in [0.25, 0.3) is 0 Å². The lowest BCUT2D eigenvalue weighted by atomic mass is 10.3. The Morgan fingerprint density at radius 1 is 1.14 bits per heavy atom. The van der Waals surface area contributed by atoms with Crippen LogP contribution in [0.4, 0.5) is 0 Å². The fraction of sp³-hybridized carbons (Fsp3) is 0.667. The van der Waals surface area contributed by atoms with Gasteiger partial charge in [-0.2, -0.15) is 0 Å². The number of rotatable bonds is 5. The van der Waals surface area contributed by atoms with E-state index in [1.807, 2.05) is 0 Å². The van der Waals surface area contributed by atoms with Crippen LogP contribution in [0.2, 0.25) is 0 Å². The Labute approximate surface area is 96.0 Å². The average Bonchev–Trinajstić information content (AvgIpc) is 1.95. The molecule has 0 bridgehead atoms. The first kappa shape index (κ1) is 18.8. The van der Waals surface area contributed by atoms with Gasteiger partial charge in [-0.15, -0.1) is 24.8 Å². The van der Waals surface area contributed by atoms with Crippen molar-refractivity contribution < 1.29 is 0 Å². The molecule has 0 spiro atoms. The fourth-order valence-corrected chi connectivity index (χ4v) is 0.668. The highest BCUT2D eigenvalue weighted by atomic mass is 35.5. The predicted molar refractivity (Wildman–Crippen MR) is 64.3 cm³/mol. The number of hydrogen-bond donors (Lipinski definition) is 5. The zero-order valence-corrected chi connectivity index (χ0v) is 9.46. The molecule has 0 aliphatic heterocycles. The second-order valence-corrected chi connectivity index (χ2v) is 2.35. The molecule has 0 atom stereocenters. The molecule has 0 aromatic rings. The molecule has 8 N–H and O–H groups in total. The van der Waals surface area contributed by atoms with Crippen LogP contribution in [0.15, 0.2) is 4.99 Å². The largest absolute Gasteiger partial charge is 0.370 e. The van der Waals surface area contributed by atoms with Crippen molar-refractivity contribution in [3.63, 3.8) is 0 Å². The summed E-state index contributed by atoms with van der Waals surface area (Å²) in [6.45, 7) is 1.32. The van der Waals surface area contributed by atoms with Gasteiger partial charge in [-0.3, -0.25) is 10.4 Å².